The Morgan fingerprint density at radius 3 is 1.70 bits per heavy atom. The maximum absolute atomic E-state index is 11.7. The molecule has 0 bridgehead atoms. The highest BCUT2D eigenvalue weighted by Gasteiger charge is 2.19. The Bertz CT molecular complexity index is 295. The molecule has 4 nitrogen and oxygen atoms in total. The number of hydrogen-bond donors (Lipinski definition) is 1. The van der Waals surface area contributed by atoms with Crippen molar-refractivity contribution >= 4 is 7.82 Å². The van der Waals surface area contributed by atoms with Gasteiger partial charge in [-0.2, -0.15) is 0 Å². The van der Waals surface area contributed by atoms with E-state index in [0.29, 0.717) is 13.2 Å². The summed E-state index contributed by atoms with van der Waals surface area (Å²) >= 11 is 0. The zero-order valence-corrected chi connectivity index (χ0v) is 16.5. The van der Waals surface area contributed by atoms with E-state index >= 15 is 0 Å². The van der Waals surface area contributed by atoms with Crippen LogP contribution in [0, 0.1) is 5.92 Å². The summed E-state index contributed by atoms with van der Waals surface area (Å²) in [4.78, 5) is 9.57. The van der Waals surface area contributed by atoms with Crippen LogP contribution in [0.1, 0.15) is 97.8 Å². The summed E-state index contributed by atoms with van der Waals surface area (Å²) < 4.78 is 21.7. The van der Waals surface area contributed by atoms with Crippen LogP contribution in [0.15, 0.2) is 0 Å². The normalized spacial score (nSPS) is 14.3. The molecule has 0 aliphatic heterocycles. The van der Waals surface area contributed by atoms with Gasteiger partial charge in [0.05, 0.1) is 13.2 Å². The van der Waals surface area contributed by atoms with Crippen molar-refractivity contribution in [1.82, 2.24) is 0 Å². The molecule has 0 saturated carbocycles. The predicted molar refractivity (Wildman–Crippen MR) is 97.6 cm³/mol. The molecule has 0 radical (unpaired) electrons. The van der Waals surface area contributed by atoms with Gasteiger partial charge >= 0.3 is 7.82 Å². The lowest BCUT2D eigenvalue weighted by atomic mass is 10.1. The minimum Gasteiger partial charge on any atom is -0.302 e. The molecule has 1 unspecified atom stereocenters. The topological polar surface area (TPSA) is 55.8 Å². The zero-order valence-electron chi connectivity index (χ0n) is 15.6. The van der Waals surface area contributed by atoms with Gasteiger partial charge in [0.1, 0.15) is 0 Å². The van der Waals surface area contributed by atoms with Crippen molar-refractivity contribution in [3.8, 4) is 0 Å². The summed E-state index contributed by atoms with van der Waals surface area (Å²) in [7, 11) is -3.83. The van der Waals surface area contributed by atoms with Crippen molar-refractivity contribution in [2.45, 2.75) is 97.8 Å². The van der Waals surface area contributed by atoms with Crippen LogP contribution >= 0.6 is 7.82 Å². The number of phosphoric ester groups is 1. The van der Waals surface area contributed by atoms with Gasteiger partial charge in [-0.25, -0.2) is 4.57 Å². The fourth-order valence-electron chi connectivity index (χ4n) is 2.46. The summed E-state index contributed by atoms with van der Waals surface area (Å²) in [6, 6.07) is 0. The molecule has 0 heterocycles. The third-order valence-corrected chi connectivity index (χ3v) is 4.95. The maximum atomic E-state index is 11.7. The fourth-order valence-corrected chi connectivity index (χ4v) is 3.26. The van der Waals surface area contributed by atoms with Gasteiger partial charge in [-0.1, -0.05) is 85.0 Å². The minimum atomic E-state index is -3.83. The van der Waals surface area contributed by atoms with Crippen molar-refractivity contribution in [3.05, 3.63) is 0 Å². The fraction of sp³-hybridized carbons (Fsp3) is 1.00. The van der Waals surface area contributed by atoms with Crippen molar-refractivity contribution in [2.24, 2.45) is 5.92 Å². The minimum absolute atomic E-state index is 0.309. The Hall–Kier alpha value is 0.110. The molecule has 5 heteroatoms. The van der Waals surface area contributed by atoms with Crippen LogP contribution in [0.2, 0.25) is 0 Å². The first-order valence-corrected chi connectivity index (χ1v) is 11.1. The Morgan fingerprint density at radius 2 is 1.22 bits per heavy atom. The lowest BCUT2D eigenvalue weighted by Gasteiger charge is -2.12. The quantitative estimate of drug-likeness (QED) is 0.241. The van der Waals surface area contributed by atoms with Crippen LogP contribution in [-0.2, 0) is 13.6 Å². The summed E-state index contributed by atoms with van der Waals surface area (Å²) in [6.07, 6.45) is 13.7. The molecule has 0 aliphatic rings. The summed E-state index contributed by atoms with van der Waals surface area (Å²) in [5.41, 5.74) is 0. The van der Waals surface area contributed by atoms with Gasteiger partial charge in [-0.3, -0.25) is 9.05 Å². The van der Waals surface area contributed by atoms with Crippen LogP contribution in [0.5, 0.6) is 0 Å². The second-order valence-corrected chi connectivity index (χ2v) is 8.31. The molecule has 0 aliphatic carbocycles. The van der Waals surface area contributed by atoms with E-state index in [1.807, 2.05) is 0 Å². The van der Waals surface area contributed by atoms with Crippen LogP contribution in [0.25, 0.3) is 0 Å². The Balaban J connectivity index is 3.38. The van der Waals surface area contributed by atoms with Gasteiger partial charge < -0.3 is 4.89 Å². The molecule has 0 amide bonds. The smallest absolute Gasteiger partial charge is 0.302 e. The summed E-state index contributed by atoms with van der Waals surface area (Å²) in [5.74, 6) is 0.717. The second-order valence-electron chi connectivity index (χ2n) is 6.85. The molecule has 0 spiro atoms. The molecule has 0 rings (SSSR count). The van der Waals surface area contributed by atoms with Crippen LogP contribution in [-0.4, -0.2) is 18.1 Å². The molecular formula is C18H39O4P. The monoisotopic (exact) mass is 350 g/mol. The van der Waals surface area contributed by atoms with Gasteiger partial charge in [0.25, 0.3) is 0 Å². The van der Waals surface area contributed by atoms with E-state index in [-0.39, 0.29) is 0 Å². The lowest BCUT2D eigenvalue weighted by molar-refractivity contribution is 0.145. The molecule has 140 valence electrons. The standard InChI is InChI=1S/C18H39O4P/c1-4-5-6-7-8-9-10-13-16-21-23(19,20)22-17-14-11-12-15-18(2)3/h18H,4-17H2,1-3H3,(H,19,20). The highest BCUT2D eigenvalue weighted by atomic mass is 31.2. The summed E-state index contributed by atoms with van der Waals surface area (Å²) in [5, 5.41) is 0. The first-order valence-electron chi connectivity index (χ1n) is 9.60. The Labute approximate surface area is 144 Å². The van der Waals surface area contributed by atoms with Crippen LogP contribution < -0.4 is 0 Å². The maximum Gasteiger partial charge on any atom is 0.472 e. The molecule has 1 atom stereocenters. The van der Waals surface area contributed by atoms with Gasteiger partial charge in [-0.05, 0) is 18.8 Å². The molecule has 0 aromatic heterocycles. The Kier molecular flexibility index (Phi) is 15.7. The van der Waals surface area contributed by atoms with Crippen molar-refractivity contribution in [2.75, 3.05) is 13.2 Å². The van der Waals surface area contributed by atoms with Crippen molar-refractivity contribution in [3.63, 3.8) is 0 Å². The van der Waals surface area contributed by atoms with Gasteiger partial charge in [0.2, 0.25) is 0 Å². The lowest BCUT2D eigenvalue weighted by Crippen LogP contribution is -1.99. The van der Waals surface area contributed by atoms with Crippen molar-refractivity contribution in [1.29, 1.82) is 0 Å². The van der Waals surface area contributed by atoms with E-state index in [4.69, 9.17) is 9.05 Å². The molecule has 23 heavy (non-hydrogen) atoms. The van der Waals surface area contributed by atoms with Gasteiger partial charge in [0, 0.05) is 0 Å². The van der Waals surface area contributed by atoms with E-state index < -0.39 is 7.82 Å². The van der Waals surface area contributed by atoms with Crippen LogP contribution in [0.3, 0.4) is 0 Å². The highest BCUT2D eigenvalue weighted by molar-refractivity contribution is 7.47. The van der Waals surface area contributed by atoms with E-state index in [1.165, 1.54) is 44.9 Å². The molecule has 0 aromatic carbocycles. The van der Waals surface area contributed by atoms with E-state index in [9.17, 15) is 9.46 Å². The molecule has 0 fully saturated rings. The molecular weight excluding hydrogens is 311 g/mol. The highest BCUT2D eigenvalue weighted by Crippen LogP contribution is 2.43. The molecule has 0 aromatic rings. The average molecular weight is 350 g/mol. The van der Waals surface area contributed by atoms with E-state index in [2.05, 4.69) is 20.8 Å². The summed E-state index contributed by atoms with van der Waals surface area (Å²) in [6.45, 7) is 7.26. The first kappa shape index (κ1) is 23.1. The predicted octanol–water partition coefficient (Wildman–Crippen LogP) is 6.48. The van der Waals surface area contributed by atoms with Gasteiger partial charge in [0.15, 0.2) is 0 Å². The molecule has 0 saturated heterocycles. The first-order chi connectivity index (χ1) is 11.0. The average Bonchev–Trinajstić information content (AvgIpc) is 2.49. The third kappa shape index (κ3) is 18.3. The number of unbranched alkanes of at least 4 members (excludes halogenated alkanes) is 9. The second kappa shape index (κ2) is 15.6. The molecule has 1 N–H and O–H groups in total. The number of hydrogen-bond acceptors (Lipinski definition) is 3. The number of phosphoric acid groups is 1. The number of rotatable bonds is 17. The van der Waals surface area contributed by atoms with Gasteiger partial charge in [-0.15, -0.1) is 0 Å². The van der Waals surface area contributed by atoms with E-state index in [0.717, 1.165) is 38.0 Å². The van der Waals surface area contributed by atoms with Crippen molar-refractivity contribution < 1.29 is 18.5 Å². The van der Waals surface area contributed by atoms with E-state index in [1.54, 1.807) is 0 Å². The third-order valence-electron chi connectivity index (χ3n) is 3.93. The zero-order chi connectivity index (χ0) is 17.4. The van der Waals surface area contributed by atoms with Crippen LogP contribution in [0.4, 0.5) is 0 Å². The largest absolute Gasteiger partial charge is 0.472 e. The Morgan fingerprint density at radius 1 is 0.783 bits per heavy atom. The SMILES string of the molecule is CCCCCCCCCCOP(=O)(O)OCCCCCC(C)C.